The standard InChI is InChI=1S/C17H33N3O2/c1-11(2)13-8-7-12(3)10-14(13)17(22)20-9-5-4-6-15(18)16(19)21/h11-15H,4-10,18H2,1-3H3,(H2,19,21)(H,20,22)/t12-,13+,14-,15?/m1/s1. The van der Waals surface area contributed by atoms with Crippen molar-refractivity contribution in [2.45, 2.75) is 65.3 Å². The average molecular weight is 311 g/mol. The smallest absolute Gasteiger partial charge is 0.234 e. The highest BCUT2D eigenvalue weighted by Gasteiger charge is 2.35. The summed E-state index contributed by atoms with van der Waals surface area (Å²) in [6, 6.07) is -0.569. The van der Waals surface area contributed by atoms with Crippen LogP contribution in [0.4, 0.5) is 0 Å². The molecule has 1 fully saturated rings. The Morgan fingerprint density at radius 1 is 1.23 bits per heavy atom. The van der Waals surface area contributed by atoms with Crippen LogP contribution in [0.3, 0.4) is 0 Å². The van der Waals surface area contributed by atoms with Crippen LogP contribution in [-0.2, 0) is 9.59 Å². The second kappa shape index (κ2) is 9.13. The molecule has 128 valence electrons. The summed E-state index contributed by atoms with van der Waals surface area (Å²) < 4.78 is 0. The largest absolute Gasteiger partial charge is 0.368 e. The number of amides is 2. The van der Waals surface area contributed by atoms with Crippen molar-refractivity contribution in [2.24, 2.45) is 35.1 Å². The van der Waals surface area contributed by atoms with Crippen molar-refractivity contribution in [3.8, 4) is 0 Å². The highest BCUT2D eigenvalue weighted by atomic mass is 16.2. The Balaban J connectivity index is 2.32. The molecule has 0 aromatic rings. The molecule has 0 heterocycles. The lowest BCUT2D eigenvalue weighted by molar-refractivity contribution is -0.129. The van der Waals surface area contributed by atoms with E-state index in [9.17, 15) is 9.59 Å². The summed E-state index contributed by atoms with van der Waals surface area (Å²) in [4.78, 5) is 23.3. The Morgan fingerprint density at radius 2 is 1.91 bits per heavy atom. The van der Waals surface area contributed by atoms with E-state index in [0.29, 0.717) is 30.7 Å². The predicted octanol–water partition coefficient (Wildman–Crippen LogP) is 1.79. The molecule has 0 aromatic carbocycles. The van der Waals surface area contributed by atoms with E-state index >= 15 is 0 Å². The van der Waals surface area contributed by atoms with Gasteiger partial charge in [0, 0.05) is 12.5 Å². The van der Waals surface area contributed by atoms with Crippen LogP contribution < -0.4 is 16.8 Å². The lowest BCUT2D eigenvalue weighted by atomic mass is 9.70. The van der Waals surface area contributed by atoms with Crippen molar-refractivity contribution in [3.05, 3.63) is 0 Å². The fraction of sp³-hybridized carbons (Fsp3) is 0.882. The molecule has 0 radical (unpaired) electrons. The van der Waals surface area contributed by atoms with Gasteiger partial charge in [-0.2, -0.15) is 0 Å². The fourth-order valence-corrected chi connectivity index (χ4v) is 3.48. The van der Waals surface area contributed by atoms with Gasteiger partial charge >= 0.3 is 0 Å². The van der Waals surface area contributed by atoms with Gasteiger partial charge in [0.05, 0.1) is 6.04 Å². The van der Waals surface area contributed by atoms with Crippen molar-refractivity contribution >= 4 is 11.8 Å². The van der Waals surface area contributed by atoms with E-state index < -0.39 is 11.9 Å². The summed E-state index contributed by atoms with van der Waals surface area (Å²) in [5.41, 5.74) is 10.7. The van der Waals surface area contributed by atoms with E-state index in [2.05, 4.69) is 26.1 Å². The molecule has 0 aliphatic heterocycles. The highest BCUT2D eigenvalue weighted by Crippen LogP contribution is 2.38. The number of nitrogens with two attached hydrogens (primary N) is 2. The van der Waals surface area contributed by atoms with Gasteiger partial charge in [0.2, 0.25) is 11.8 Å². The van der Waals surface area contributed by atoms with Crippen LogP contribution in [0.5, 0.6) is 0 Å². The van der Waals surface area contributed by atoms with Gasteiger partial charge in [-0.25, -0.2) is 0 Å². The molecule has 5 heteroatoms. The van der Waals surface area contributed by atoms with E-state index in [1.165, 1.54) is 6.42 Å². The molecule has 1 rings (SSSR count). The minimum atomic E-state index is -0.569. The van der Waals surface area contributed by atoms with Crippen molar-refractivity contribution in [1.29, 1.82) is 0 Å². The first-order valence-corrected chi connectivity index (χ1v) is 8.65. The van der Waals surface area contributed by atoms with Gasteiger partial charge in [-0.3, -0.25) is 9.59 Å². The molecule has 1 unspecified atom stereocenters. The van der Waals surface area contributed by atoms with Gasteiger partial charge in [0.15, 0.2) is 0 Å². The highest BCUT2D eigenvalue weighted by molar-refractivity contribution is 5.79. The Kier molecular flexibility index (Phi) is 7.87. The SMILES string of the molecule is CC(C)[C@@H]1CC[C@@H](C)C[C@H]1C(=O)NCCCCC(N)C(N)=O. The van der Waals surface area contributed by atoms with Gasteiger partial charge in [-0.15, -0.1) is 0 Å². The third-order valence-corrected chi connectivity index (χ3v) is 4.97. The summed E-state index contributed by atoms with van der Waals surface area (Å²) in [7, 11) is 0. The number of primary amides is 1. The fourth-order valence-electron chi connectivity index (χ4n) is 3.48. The van der Waals surface area contributed by atoms with Gasteiger partial charge in [0.1, 0.15) is 0 Å². The molecule has 1 aliphatic rings. The first-order valence-electron chi connectivity index (χ1n) is 8.65. The Bertz CT molecular complexity index is 371. The van der Waals surface area contributed by atoms with Crippen molar-refractivity contribution < 1.29 is 9.59 Å². The van der Waals surface area contributed by atoms with E-state index in [1.807, 2.05) is 0 Å². The molecule has 0 bridgehead atoms. The summed E-state index contributed by atoms with van der Waals surface area (Å²) in [6.45, 7) is 7.32. The molecule has 5 nitrogen and oxygen atoms in total. The van der Waals surface area contributed by atoms with Gasteiger partial charge < -0.3 is 16.8 Å². The molecular weight excluding hydrogens is 278 g/mol. The number of hydrogen-bond donors (Lipinski definition) is 3. The molecule has 1 aliphatic carbocycles. The topological polar surface area (TPSA) is 98.2 Å². The lowest BCUT2D eigenvalue weighted by Crippen LogP contribution is -2.40. The van der Waals surface area contributed by atoms with Crippen LogP contribution in [0.15, 0.2) is 0 Å². The van der Waals surface area contributed by atoms with Crippen molar-refractivity contribution in [2.75, 3.05) is 6.54 Å². The van der Waals surface area contributed by atoms with Gasteiger partial charge in [0.25, 0.3) is 0 Å². The van der Waals surface area contributed by atoms with Gasteiger partial charge in [-0.05, 0) is 49.9 Å². The third-order valence-electron chi connectivity index (χ3n) is 4.97. The monoisotopic (exact) mass is 311 g/mol. The Morgan fingerprint density at radius 3 is 2.50 bits per heavy atom. The van der Waals surface area contributed by atoms with Crippen LogP contribution in [0.2, 0.25) is 0 Å². The summed E-state index contributed by atoms with van der Waals surface area (Å²) in [5, 5.41) is 3.06. The summed E-state index contributed by atoms with van der Waals surface area (Å²) in [5.74, 6) is 1.58. The molecular formula is C17H33N3O2. The molecule has 4 atom stereocenters. The van der Waals surface area contributed by atoms with E-state index in [0.717, 1.165) is 25.7 Å². The number of carbonyl (C=O) groups is 2. The minimum Gasteiger partial charge on any atom is -0.368 e. The second-order valence-electron chi connectivity index (χ2n) is 7.23. The van der Waals surface area contributed by atoms with Crippen LogP contribution in [0.1, 0.15) is 59.3 Å². The van der Waals surface area contributed by atoms with E-state index in [1.54, 1.807) is 0 Å². The Labute approximate surface area is 134 Å². The quantitative estimate of drug-likeness (QED) is 0.596. The van der Waals surface area contributed by atoms with Crippen LogP contribution in [0, 0.1) is 23.7 Å². The number of unbranched alkanes of at least 4 members (excludes halogenated alkanes) is 1. The zero-order valence-electron chi connectivity index (χ0n) is 14.3. The van der Waals surface area contributed by atoms with Crippen LogP contribution >= 0.6 is 0 Å². The minimum absolute atomic E-state index is 0.150. The molecule has 2 amide bonds. The molecule has 1 saturated carbocycles. The van der Waals surface area contributed by atoms with E-state index in [4.69, 9.17) is 11.5 Å². The maximum Gasteiger partial charge on any atom is 0.234 e. The van der Waals surface area contributed by atoms with Crippen molar-refractivity contribution in [1.82, 2.24) is 5.32 Å². The zero-order valence-corrected chi connectivity index (χ0v) is 14.3. The number of nitrogens with one attached hydrogen (secondary N) is 1. The molecule has 0 spiro atoms. The predicted molar refractivity (Wildman–Crippen MR) is 88.9 cm³/mol. The molecule has 0 aromatic heterocycles. The van der Waals surface area contributed by atoms with Crippen LogP contribution in [0.25, 0.3) is 0 Å². The average Bonchev–Trinajstić information content (AvgIpc) is 2.45. The summed E-state index contributed by atoms with van der Waals surface area (Å²) in [6.07, 6.45) is 5.62. The van der Waals surface area contributed by atoms with Gasteiger partial charge in [-0.1, -0.05) is 27.2 Å². The Hall–Kier alpha value is -1.10. The molecule has 5 N–H and O–H groups in total. The maximum atomic E-state index is 12.5. The molecule has 0 saturated heterocycles. The van der Waals surface area contributed by atoms with Crippen LogP contribution in [-0.4, -0.2) is 24.4 Å². The summed E-state index contributed by atoms with van der Waals surface area (Å²) >= 11 is 0. The number of hydrogen-bond acceptors (Lipinski definition) is 3. The second-order valence-corrected chi connectivity index (χ2v) is 7.23. The first kappa shape index (κ1) is 18.9. The van der Waals surface area contributed by atoms with E-state index in [-0.39, 0.29) is 11.8 Å². The maximum absolute atomic E-state index is 12.5. The van der Waals surface area contributed by atoms with Crippen molar-refractivity contribution in [3.63, 3.8) is 0 Å². The third kappa shape index (κ3) is 5.95. The zero-order chi connectivity index (χ0) is 16.7. The number of rotatable bonds is 8. The first-order chi connectivity index (χ1) is 10.3. The normalized spacial score (nSPS) is 26.7. The molecule has 22 heavy (non-hydrogen) atoms. The lowest BCUT2D eigenvalue weighted by Gasteiger charge is -2.36. The number of carbonyl (C=O) groups excluding carboxylic acids is 2.